The summed E-state index contributed by atoms with van der Waals surface area (Å²) in [6, 6.07) is 0. The normalized spacial score (nSPS) is 42.3. The summed E-state index contributed by atoms with van der Waals surface area (Å²) in [5, 5.41) is 10.6. The van der Waals surface area contributed by atoms with Gasteiger partial charge in [-0.3, -0.25) is 19.2 Å². The highest BCUT2D eigenvalue weighted by atomic mass is 16.6. The maximum Gasteiger partial charge on any atom is 0.312 e. The number of aliphatic hydroxyl groups is 1. The lowest BCUT2D eigenvalue weighted by molar-refractivity contribution is -0.225. The maximum absolute atomic E-state index is 12.5. The summed E-state index contributed by atoms with van der Waals surface area (Å²) in [7, 11) is 1.41. The molecule has 63 heavy (non-hydrogen) atoms. The minimum atomic E-state index is -0.555. The number of rotatable bonds is 8. The summed E-state index contributed by atoms with van der Waals surface area (Å²) in [5.74, 6) is 8.36. The van der Waals surface area contributed by atoms with Gasteiger partial charge in [0, 0.05) is 12.3 Å². The molecular formula is C54H92O9. The predicted molar refractivity (Wildman–Crippen MR) is 248 cm³/mol. The van der Waals surface area contributed by atoms with E-state index in [0.29, 0.717) is 41.9 Å². The highest BCUT2D eigenvalue weighted by Crippen LogP contribution is 2.71. The number of methoxy groups -OCH3 is 1. The molecule has 1 aliphatic heterocycles. The lowest BCUT2D eigenvalue weighted by Crippen LogP contribution is -2.61. The zero-order valence-electron chi connectivity index (χ0n) is 40.2. The van der Waals surface area contributed by atoms with Gasteiger partial charge in [0.05, 0.1) is 35.4 Å². The van der Waals surface area contributed by atoms with Crippen LogP contribution in [0, 0.1) is 87.8 Å². The molecule has 12 fully saturated rings. The van der Waals surface area contributed by atoms with Crippen molar-refractivity contribution >= 4 is 23.9 Å². The van der Waals surface area contributed by atoms with Crippen molar-refractivity contribution in [2.45, 2.75) is 223 Å². The van der Waals surface area contributed by atoms with E-state index in [9.17, 15) is 24.3 Å². The number of hydrogen-bond acceptors (Lipinski definition) is 9. The number of fused-ring (bicyclic) bond motifs is 8. The largest absolute Gasteiger partial charge is 0.469 e. The summed E-state index contributed by atoms with van der Waals surface area (Å²) >= 11 is 0. The van der Waals surface area contributed by atoms with Crippen LogP contribution in [-0.2, 0) is 38.1 Å². The van der Waals surface area contributed by atoms with Crippen LogP contribution >= 0.6 is 0 Å². The molecule has 12 rings (SSSR count). The van der Waals surface area contributed by atoms with E-state index in [0.717, 1.165) is 74.5 Å². The molecule has 9 atom stereocenters. The first-order chi connectivity index (χ1) is 28.4. The molecule has 0 amide bonds. The fourth-order valence-electron chi connectivity index (χ4n) is 15.2. The number of esters is 4. The molecule has 0 aromatic rings. The van der Waals surface area contributed by atoms with Gasteiger partial charge in [-0.05, 0) is 210 Å². The topological polar surface area (TPSA) is 125 Å². The van der Waals surface area contributed by atoms with Gasteiger partial charge >= 0.3 is 23.9 Å². The van der Waals surface area contributed by atoms with E-state index >= 15 is 0 Å². The van der Waals surface area contributed by atoms with Gasteiger partial charge in [0.15, 0.2) is 0 Å². The van der Waals surface area contributed by atoms with Gasteiger partial charge in [0.2, 0.25) is 0 Å². The average molecular weight is 885 g/mol. The molecule has 11 saturated carbocycles. The fraction of sp³-hybridized carbons (Fsp3) is 0.926. The van der Waals surface area contributed by atoms with Gasteiger partial charge in [-0.1, -0.05) is 42.5 Å². The van der Waals surface area contributed by atoms with Crippen LogP contribution in [0.4, 0.5) is 0 Å². The van der Waals surface area contributed by atoms with Crippen molar-refractivity contribution in [2.75, 3.05) is 7.11 Å². The highest BCUT2D eigenvalue weighted by molar-refractivity contribution is 5.78. The SMILES string of the molecule is C.C.CC1(C)OC(=O)C2C3C4CCC(C4)C3C21.CCC(C)(C)C(=O)OC1(C)C2CC3CC(C2)CC1C3.CCC(C)(C)C(=O)OC12CC3CC(CC(O)(C3)C1)C2.CCC(C)C(=O)OC. The van der Waals surface area contributed by atoms with E-state index in [4.69, 9.17) is 14.2 Å². The summed E-state index contributed by atoms with van der Waals surface area (Å²) in [5.41, 5.74) is -2.00. The molecule has 0 aromatic heterocycles. The number of hydrogen-bond donors (Lipinski definition) is 1. The van der Waals surface area contributed by atoms with Crippen LogP contribution < -0.4 is 0 Å². The molecule has 0 spiro atoms. The van der Waals surface area contributed by atoms with Crippen LogP contribution in [0.15, 0.2) is 0 Å². The molecule has 12 aliphatic rings. The number of carbonyl (C=O) groups excluding carboxylic acids is 4. The maximum atomic E-state index is 12.5. The van der Waals surface area contributed by atoms with E-state index < -0.39 is 11.0 Å². The summed E-state index contributed by atoms with van der Waals surface area (Å²) in [4.78, 5) is 47.2. The zero-order valence-corrected chi connectivity index (χ0v) is 40.2. The molecule has 1 heterocycles. The van der Waals surface area contributed by atoms with Gasteiger partial charge in [-0.25, -0.2) is 0 Å². The van der Waals surface area contributed by atoms with Gasteiger partial charge in [0.25, 0.3) is 0 Å². The monoisotopic (exact) mass is 885 g/mol. The first kappa shape index (κ1) is 51.8. The Bertz CT molecular complexity index is 1620. The Balaban J connectivity index is 0.000000163. The van der Waals surface area contributed by atoms with E-state index in [1.807, 2.05) is 48.5 Å². The molecule has 9 unspecified atom stereocenters. The van der Waals surface area contributed by atoms with Crippen LogP contribution in [0.1, 0.15) is 200 Å². The van der Waals surface area contributed by atoms with E-state index in [1.54, 1.807) is 0 Å². The van der Waals surface area contributed by atoms with Gasteiger partial charge < -0.3 is 24.1 Å². The molecule has 1 saturated heterocycles. The second-order valence-corrected chi connectivity index (χ2v) is 24.5. The Hall–Kier alpha value is -2.16. The third-order valence-electron chi connectivity index (χ3n) is 19.1. The molecule has 10 bridgehead atoms. The summed E-state index contributed by atoms with van der Waals surface area (Å²) in [6.45, 7) is 22.3. The quantitative estimate of drug-likeness (QED) is 0.187. The minimum Gasteiger partial charge on any atom is -0.469 e. The third-order valence-corrected chi connectivity index (χ3v) is 19.1. The predicted octanol–water partition coefficient (Wildman–Crippen LogP) is 11.9. The van der Waals surface area contributed by atoms with Crippen LogP contribution in [0.25, 0.3) is 0 Å². The van der Waals surface area contributed by atoms with Crippen LogP contribution in [0.2, 0.25) is 0 Å². The lowest BCUT2D eigenvalue weighted by Gasteiger charge is -2.59. The summed E-state index contributed by atoms with van der Waals surface area (Å²) < 4.78 is 22.1. The Kier molecular flexibility index (Phi) is 15.2. The zero-order chi connectivity index (χ0) is 44.7. The van der Waals surface area contributed by atoms with Crippen LogP contribution in [0.3, 0.4) is 0 Å². The second kappa shape index (κ2) is 18.5. The minimum absolute atomic E-state index is 0. The molecule has 9 heteroatoms. The Morgan fingerprint density at radius 2 is 1.21 bits per heavy atom. The van der Waals surface area contributed by atoms with Crippen molar-refractivity contribution in [1.82, 2.24) is 0 Å². The van der Waals surface area contributed by atoms with Crippen molar-refractivity contribution in [3.05, 3.63) is 0 Å². The van der Waals surface area contributed by atoms with Crippen molar-refractivity contribution in [3.63, 3.8) is 0 Å². The second-order valence-electron chi connectivity index (χ2n) is 24.5. The Morgan fingerprint density at radius 3 is 1.65 bits per heavy atom. The molecule has 362 valence electrons. The molecule has 11 aliphatic carbocycles. The van der Waals surface area contributed by atoms with Crippen molar-refractivity contribution in [2.24, 2.45) is 87.8 Å². The Morgan fingerprint density at radius 1 is 0.730 bits per heavy atom. The van der Waals surface area contributed by atoms with Crippen molar-refractivity contribution in [1.29, 1.82) is 0 Å². The first-order valence-corrected chi connectivity index (χ1v) is 24.9. The fourth-order valence-corrected chi connectivity index (χ4v) is 15.2. The number of carbonyl (C=O) groups is 4. The number of ether oxygens (including phenoxy) is 4. The Labute approximate surface area is 383 Å². The molecule has 9 nitrogen and oxygen atoms in total. The van der Waals surface area contributed by atoms with Crippen molar-refractivity contribution in [3.8, 4) is 0 Å². The van der Waals surface area contributed by atoms with E-state index in [1.165, 1.54) is 64.9 Å². The summed E-state index contributed by atoms with van der Waals surface area (Å²) in [6.07, 6.45) is 19.0. The smallest absolute Gasteiger partial charge is 0.312 e. The number of cyclic esters (lactones) is 1. The van der Waals surface area contributed by atoms with E-state index in [-0.39, 0.29) is 72.8 Å². The van der Waals surface area contributed by atoms with Gasteiger partial charge in [-0.15, -0.1) is 0 Å². The van der Waals surface area contributed by atoms with Crippen molar-refractivity contribution < 1.29 is 43.2 Å². The van der Waals surface area contributed by atoms with Crippen LogP contribution in [-0.4, -0.2) is 58.5 Å². The highest BCUT2D eigenvalue weighted by Gasteiger charge is 2.72. The molecule has 1 N–H and O–H groups in total. The first-order valence-electron chi connectivity index (χ1n) is 24.9. The lowest BCUT2D eigenvalue weighted by atomic mass is 9.49. The third kappa shape index (κ3) is 9.68. The van der Waals surface area contributed by atoms with Crippen LogP contribution in [0.5, 0.6) is 0 Å². The molecule has 0 radical (unpaired) electrons. The standard InChI is InChI=1S/C17H28O2.C16H26O3.C13H18O2.C6H12O2.2CH4/c1-5-16(2,3)15(18)19-17(4)13-7-11-6-12(9-13)10-14(17)8-11;1-4-14(2,3)13(17)19-16-8-11-5-12(9-16)7-15(18,6-11)10-16;1-13(2)11-9-7-4-3-6(5-7)8(9)10(11)12(14)15-13;1-4-5(2)6(7)8-3;;/h11-14H,5-10H2,1-4H3;11-12,18H,4-10H2,1-3H3;6-11H,3-5H2,1-2H3;5H,4H2,1-3H3;2*1H4. The van der Waals surface area contributed by atoms with Gasteiger partial charge in [0.1, 0.15) is 16.8 Å². The average Bonchev–Trinajstić information content (AvgIpc) is 3.79. The van der Waals surface area contributed by atoms with Gasteiger partial charge in [-0.2, -0.15) is 0 Å². The van der Waals surface area contributed by atoms with E-state index in [2.05, 4.69) is 32.4 Å². The molecular weight excluding hydrogens is 793 g/mol. The molecule has 0 aromatic carbocycles.